The molecule has 1 N–H and O–H groups in total. The number of aryl methyl sites for hydroxylation is 2. The van der Waals surface area contributed by atoms with Gasteiger partial charge in [0.15, 0.2) is 6.10 Å². The monoisotopic (exact) mass is 265 g/mol. The molecular weight excluding hydrogens is 242 g/mol. The first-order valence-corrected chi connectivity index (χ1v) is 6.47. The summed E-state index contributed by atoms with van der Waals surface area (Å²) in [6, 6.07) is 5.88. The number of carbonyl (C=O) groups is 1. The van der Waals surface area contributed by atoms with Gasteiger partial charge < -0.3 is 14.8 Å². The van der Waals surface area contributed by atoms with Crippen LogP contribution in [0.1, 0.15) is 25.0 Å². The van der Waals surface area contributed by atoms with E-state index in [0.29, 0.717) is 6.61 Å². The molecule has 1 amide bonds. The van der Waals surface area contributed by atoms with Gasteiger partial charge in [-0.2, -0.15) is 0 Å². The second kappa shape index (κ2) is 7.14. The smallest absolute Gasteiger partial charge is 0.261 e. The van der Waals surface area contributed by atoms with Crippen LogP contribution in [-0.4, -0.2) is 31.8 Å². The summed E-state index contributed by atoms with van der Waals surface area (Å²) in [6.07, 6.45) is -0.527. The van der Waals surface area contributed by atoms with Crippen LogP contribution >= 0.6 is 0 Å². The van der Waals surface area contributed by atoms with Crippen molar-refractivity contribution in [1.29, 1.82) is 0 Å². The second-order valence-electron chi connectivity index (χ2n) is 4.89. The van der Waals surface area contributed by atoms with Crippen molar-refractivity contribution in [2.24, 2.45) is 0 Å². The molecule has 1 rings (SSSR count). The maximum Gasteiger partial charge on any atom is 0.261 e. The molecule has 1 aromatic carbocycles. The Labute approximate surface area is 115 Å². The van der Waals surface area contributed by atoms with Gasteiger partial charge in [-0.1, -0.05) is 17.7 Å². The van der Waals surface area contributed by atoms with Gasteiger partial charge in [0.25, 0.3) is 5.91 Å². The lowest BCUT2D eigenvalue weighted by atomic mass is 10.1. The number of benzene rings is 1. The molecule has 0 unspecified atom stereocenters. The van der Waals surface area contributed by atoms with E-state index in [1.165, 1.54) is 5.56 Å². The molecule has 4 heteroatoms. The number of hydrogen-bond donors (Lipinski definition) is 1. The Bertz CT molecular complexity index is 431. The standard InChI is InChI=1S/C15H23NO3/c1-10-6-7-14(11(2)8-10)19-13(4)15(17)16-12(3)9-18-5/h6-8,12-13H,9H2,1-5H3,(H,16,17)/t12-,13+/m0/s1. The zero-order valence-electron chi connectivity index (χ0n) is 12.3. The second-order valence-corrected chi connectivity index (χ2v) is 4.89. The molecule has 0 aliphatic heterocycles. The summed E-state index contributed by atoms with van der Waals surface area (Å²) >= 11 is 0. The largest absolute Gasteiger partial charge is 0.481 e. The van der Waals surface area contributed by atoms with Crippen molar-refractivity contribution in [3.63, 3.8) is 0 Å². The van der Waals surface area contributed by atoms with Gasteiger partial charge in [-0.15, -0.1) is 0 Å². The number of rotatable bonds is 6. The van der Waals surface area contributed by atoms with Gasteiger partial charge in [-0.3, -0.25) is 4.79 Å². The molecule has 0 bridgehead atoms. The Kier molecular flexibility index (Phi) is 5.83. The Morgan fingerprint density at radius 1 is 1.32 bits per heavy atom. The normalized spacial score (nSPS) is 13.7. The predicted molar refractivity (Wildman–Crippen MR) is 75.5 cm³/mol. The highest BCUT2D eigenvalue weighted by molar-refractivity contribution is 5.81. The van der Waals surface area contributed by atoms with Gasteiger partial charge in [-0.25, -0.2) is 0 Å². The van der Waals surface area contributed by atoms with E-state index in [2.05, 4.69) is 5.32 Å². The molecule has 0 spiro atoms. The van der Waals surface area contributed by atoms with Crippen molar-refractivity contribution in [3.8, 4) is 5.75 Å². The molecule has 0 aliphatic carbocycles. The van der Waals surface area contributed by atoms with Crippen LogP contribution in [0.5, 0.6) is 5.75 Å². The summed E-state index contributed by atoms with van der Waals surface area (Å²) in [4.78, 5) is 11.9. The van der Waals surface area contributed by atoms with Crippen molar-refractivity contribution >= 4 is 5.91 Å². The van der Waals surface area contributed by atoms with Crippen LogP contribution in [-0.2, 0) is 9.53 Å². The molecule has 0 aromatic heterocycles. The average Bonchev–Trinajstić information content (AvgIpc) is 2.32. The first-order valence-electron chi connectivity index (χ1n) is 6.47. The first-order chi connectivity index (χ1) is 8.93. The molecule has 2 atom stereocenters. The lowest BCUT2D eigenvalue weighted by Crippen LogP contribution is -2.43. The van der Waals surface area contributed by atoms with Crippen LogP contribution in [0.25, 0.3) is 0 Å². The molecule has 19 heavy (non-hydrogen) atoms. The van der Waals surface area contributed by atoms with E-state index in [1.807, 2.05) is 39.0 Å². The molecule has 4 nitrogen and oxygen atoms in total. The summed E-state index contributed by atoms with van der Waals surface area (Å²) in [7, 11) is 1.61. The SMILES string of the molecule is COC[C@H](C)NC(=O)[C@@H](C)Oc1ccc(C)cc1C. The van der Waals surface area contributed by atoms with Crippen molar-refractivity contribution < 1.29 is 14.3 Å². The fraction of sp³-hybridized carbons (Fsp3) is 0.533. The predicted octanol–water partition coefficient (Wildman–Crippen LogP) is 2.22. The zero-order chi connectivity index (χ0) is 14.4. The number of hydrogen-bond acceptors (Lipinski definition) is 3. The number of amides is 1. The highest BCUT2D eigenvalue weighted by Gasteiger charge is 2.17. The number of carbonyl (C=O) groups excluding carboxylic acids is 1. The Hall–Kier alpha value is -1.55. The maximum atomic E-state index is 11.9. The number of ether oxygens (including phenoxy) is 2. The van der Waals surface area contributed by atoms with Crippen LogP contribution in [0.2, 0.25) is 0 Å². The van der Waals surface area contributed by atoms with E-state index in [-0.39, 0.29) is 11.9 Å². The van der Waals surface area contributed by atoms with E-state index in [1.54, 1.807) is 14.0 Å². The molecule has 0 radical (unpaired) electrons. The van der Waals surface area contributed by atoms with Crippen molar-refractivity contribution in [2.45, 2.75) is 39.8 Å². The van der Waals surface area contributed by atoms with E-state index in [9.17, 15) is 4.79 Å². The molecule has 106 valence electrons. The summed E-state index contributed by atoms with van der Waals surface area (Å²) in [5, 5.41) is 2.84. The Morgan fingerprint density at radius 2 is 2.00 bits per heavy atom. The van der Waals surface area contributed by atoms with Crippen molar-refractivity contribution in [2.75, 3.05) is 13.7 Å². The summed E-state index contributed by atoms with van der Waals surface area (Å²) in [6.45, 7) is 8.13. The van der Waals surface area contributed by atoms with Gasteiger partial charge in [0.1, 0.15) is 5.75 Å². The van der Waals surface area contributed by atoms with Gasteiger partial charge in [-0.05, 0) is 39.3 Å². The molecule has 1 aromatic rings. The lowest BCUT2D eigenvalue weighted by Gasteiger charge is -2.19. The van der Waals surface area contributed by atoms with Gasteiger partial charge in [0, 0.05) is 13.2 Å². The third kappa shape index (κ3) is 4.91. The van der Waals surface area contributed by atoms with E-state index in [0.717, 1.165) is 11.3 Å². The quantitative estimate of drug-likeness (QED) is 0.858. The van der Waals surface area contributed by atoms with Crippen LogP contribution in [0.3, 0.4) is 0 Å². The minimum Gasteiger partial charge on any atom is -0.481 e. The van der Waals surface area contributed by atoms with Crippen molar-refractivity contribution in [3.05, 3.63) is 29.3 Å². The van der Waals surface area contributed by atoms with Crippen LogP contribution < -0.4 is 10.1 Å². The topological polar surface area (TPSA) is 47.6 Å². The summed E-state index contributed by atoms with van der Waals surface area (Å²) in [5.74, 6) is 0.608. The highest BCUT2D eigenvalue weighted by Crippen LogP contribution is 2.20. The van der Waals surface area contributed by atoms with Gasteiger partial charge in [0.05, 0.1) is 6.61 Å². The summed E-state index contributed by atoms with van der Waals surface area (Å²) < 4.78 is 10.7. The third-order valence-corrected chi connectivity index (χ3v) is 2.81. The number of methoxy groups -OCH3 is 1. The van der Waals surface area contributed by atoms with Crippen molar-refractivity contribution in [1.82, 2.24) is 5.32 Å². The minimum absolute atomic E-state index is 0.0253. The van der Waals surface area contributed by atoms with E-state index >= 15 is 0 Å². The van der Waals surface area contributed by atoms with Crippen LogP contribution in [0.15, 0.2) is 18.2 Å². The molecule has 0 heterocycles. The van der Waals surface area contributed by atoms with Gasteiger partial charge in [0.2, 0.25) is 0 Å². The molecule has 0 saturated heterocycles. The highest BCUT2D eigenvalue weighted by atomic mass is 16.5. The fourth-order valence-corrected chi connectivity index (χ4v) is 1.83. The lowest BCUT2D eigenvalue weighted by molar-refractivity contribution is -0.128. The van der Waals surface area contributed by atoms with E-state index in [4.69, 9.17) is 9.47 Å². The average molecular weight is 265 g/mol. The van der Waals surface area contributed by atoms with Crippen LogP contribution in [0.4, 0.5) is 0 Å². The number of nitrogens with one attached hydrogen (secondary N) is 1. The summed E-state index contributed by atoms with van der Waals surface area (Å²) in [5.41, 5.74) is 2.21. The molecule has 0 saturated carbocycles. The van der Waals surface area contributed by atoms with E-state index < -0.39 is 6.10 Å². The first kappa shape index (κ1) is 15.5. The fourth-order valence-electron chi connectivity index (χ4n) is 1.83. The van der Waals surface area contributed by atoms with Gasteiger partial charge >= 0.3 is 0 Å². The Morgan fingerprint density at radius 3 is 2.58 bits per heavy atom. The molecule has 0 fully saturated rings. The maximum absolute atomic E-state index is 11.9. The molecular formula is C15H23NO3. The zero-order valence-corrected chi connectivity index (χ0v) is 12.3. The Balaban J connectivity index is 2.58. The molecule has 0 aliphatic rings. The minimum atomic E-state index is -0.527. The third-order valence-electron chi connectivity index (χ3n) is 2.81. The van der Waals surface area contributed by atoms with Crippen LogP contribution in [0, 0.1) is 13.8 Å².